The smallest absolute Gasteiger partial charge is 0.241 e. The Morgan fingerprint density at radius 2 is 2.10 bits per heavy atom. The van der Waals surface area contributed by atoms with Gasteiger partial charge in [-0.2, -0.15) is 0 Å². The van der Waals surface area contributed by atoms with Crippen LogP contribution in [-0.2, 0) is 16.6 Å². The normalized spacial score (nSPS) is 17.6. The van der Waals surface area contributed by atoms with Gasteiger partial charge in [-0.1, -0.05) is 20.3 Å². The van der Waals surface area contributed by atoms with E-state index in [4.69, 9.17) is 0 Å². The van der Waals surface area contributed by atoms with Gasteiger partial charge in [-0.25, -0.2) is 13.1 Å². The van der Waals surface area contributed by atoms with Gasteiger partial charge in [-0.05, 0) is 43.7 Å². The first kappa shape index (κ1) is 16.9. The Kier molecular flexibility index (Phi) is 5.82. The van der Waals surface area contributed by atoms with Crippen LogP contribution in [0.2, 0.25) is 0 Å². The molecule has 21 heavy (non-hydrogen) atoms. The van der Waals surface area contributed by atoms with E-state index in [0.717, 1.165) is 43.6 Å². The molecule has 120 valence electrons. The third kappa shape index (κ3) is 4.28. The van der Waals surface area contributed by atoms with Crippen molar-refractivity contribution in [1.29, 1.82) is 0 Å². The van der Waals surface area contributed by atoms with E-state index in [1.54, 1.807) is 11.4 Å². The second-order valence-corrected chi connectivity index (χ2v) is 8.72. The van der Waals surface area contributed by atoms with Crippen molar-refractivity contribution in [2.75, 3.05) is 13.1 Å². The van der Waals surface area contributed by atoms with Crippen LogP contribution in [0, 0.1) is 5.41 Å². The molecular formula is C15H26N2O2S2. The largest absolute Gasteiger partial charge is 0.312 e. The lowest BCUT2D eigenvalue weighted by Gasteiger charge is -2.41. The molecule has 0 aromatic carbocycles. The van der Waals surface area contributed by atoms with Crippen molar-refractivity contribution < 1.29 is 8.42 Å². The summed E-state index contributed by atoms with van der Waals surface area (Å²) in [5.74, 6) is 0. The maximum absolute atomic E-state index is 12.4. The van der Waals surface area contributed by atoms with Gasteiger partial charge in [-0.3, -0.25) is 0 Å². The summed E-state index contributed by atoms with van der Waals surface area (Å²) in [7, 11) is -3.36. The average molecular weight is 331 g/mol. The van der Waals surface area contributed by atoms with Crippen LogP contribution in [0.4, 0.5) is 0 Å². The van der Waals surface area contributed by atoms with Crippen LogP contribution in [0.15, 0.2) is 16.3 Å². The van der Waals surface area contributed by atoms with Crippen molar-refractivity contribution in [2.24, 2.45) is 5.41 Å². The Bertz CT molecular complexity index is 542. The standard InChI is InChI=1S/C15H26N2O2S2/c1-3-8-16-10-13-9-14(11-20-13)21(18,19)17-12-15(4-2)6-5-7-15/h9,11,16-17H,3-8,10,12H2,1-2H3. The van der Waals surface area contributed by atoms with Gasteiger partial charge in [0, 0.05) is 23.3 Å². The summed E-state index contributed by atoms with van der Waals surface area (Å²) in [5, 5.41) is 5.04. The van der Waals surface area contributed by atoms with Crippen molar-refractivity contribution in [1.82, 2.24) is 10.0 Å². The summed E-state index contributed by atoms with van der Waals surface area (Å²) in [6, 6.07) is 1.79. The Hall–Kier alpha value is -0.430. The van der Waals surface area contributed by atoms with Gasteiger partial charge >= 0.3 is 0 Å². The fourth-order valence-corrected chi connectivity index (χ4v) is 5.05. The molecule has 0 unspecified atom stereocenters. The van der Waals surface area contributed by atoms with Gasteiger partial charge < -0.3 is 5.32 Å². The summed E-state index contributed by atoms with van der Waals surface area (Å²) in [4.78, 5) is 1.48. The second-order valence-electron chi connectivity index (χ2n) is 5.96. The fraction of sp³-hybridized carbons (Fsp3) is 0.733. The average Bonchev–Trinajstić information content (AvgIpc) is 2.88. The highest BCUT2D eigenvalue weighted by Crippen LogP contribution is 2.43. The fourth-order valence-electron chi connectivity index (χ4n) is 2.65. The highest BCUT2D eigenvalue weighted by Gasteiger charge is 2.36. The van der Waals surface area contributed by atoms with Crippen molar-refractivity contribution in [3.05, 3.63) is 16.3 Å². The van der Waals surface area contributed by atoms with E-state index >= 15 is 0 Å². The SMILES string of the molecule is CCCNCc1cc(S(=O)(=O)NCC2(CC)CCC2)cs1. The van der Waals surface area contributed by atoms with Crippen LogP contribution in [0.5, 0.6) is 0 Å². The molecule has 4 nitrogen and oxygen atoms in total. The van der Waals surface area contributed by atoms with Crippen molar-refractivity contribution in [2.45, 2.75) is 57.4 Å². The summed E-state index contributed by atoms with van der Waals surface area (Å²) >= 11 is 1.50. The van der Waals surface area contributed by atoms with E-state index < -0.39 is 10.0 Å². The lowest BCUT2D eigenvalue weighted by Crippen LogP contribution is -2.41. The van der Waals surface area contributed by atoms with Crippen molar-refractivity contribution >= 4 is 21.4 Å². The second kappa shape index (κ2) is 7.22. The molecule has 0 aliphatic heterocycles. The Morgan fingerprint density at radius 1 is 1.33 bits per heavy atom. The zero-order chi connectivity index (χ0) is 15.3. The molecule has 6 heteroatoms. The first-order valence-corrected chi connectivity index (χ1v) is 10.2. The number of sulfonamides is 1. The molecule has 0 saturated heterocycles. The highest BCUT2D eigenvalue weighted by molar-refractivity contribution is 7.89. The third-order valence-corrected chi connectivity index (χ3v) is 6.93. The predicted octanol–water partition coefficient (Wildman–Crippen LogP) is 3.11. The third-order valence-electron chi connectivity index (χ3n) is 4.47. The van der Waals surface area contributed by atoms with Gasteiger partial charge in [0.1, 0.15) is 0 Å². The molecule has 1 aromatic heterocycles. The lowest BCUT2D eigenvalue weighted by molar-refractivity contribution is 0.133. The van der Waals surface area contributed by atoms with Crippen LogP contribution in [0.1, 0.15) is 50.8 Å². The molecular weight excluding hydrogens is 304 g/mol. The topological polar surface area (TPSA) is 58.2 Å². The Morgan fingerprint density at radius 3 is 2.67 bits per heavy atom. The van der Waals surface area contributed by atoms with Crippen LogP contribution in [0.25, 0.3) is 0 Å². The molecule has 2 rings (SSSR count). The summed E-state index contributed by atoms with van der Waals surface area (Å²) < 4.78 is 27.5. The molecule has 2 N–H and O–H groups in total. The van der Waals surface area contributed by atoms with Gasteiger partial charge in [0.25, 0.3) is 0 Å². The number of rotatable bonds is 9. The molecule has 1 saturated carbocycles. The molecule has 1 aromatic rings. The van der Waals surface area contributed by atoms with Gasteiger partial charge in [0.15, 0.2) is 0 Å². The quantitative estimate of drug-likeness (QED) is 0.684. The zero-order valence-electron chi connectivity index (χ0n) is 12.9. The molecule has 0 radical (unpaired) electrons. The summed E-state index contributed by atoms with van der Waals surface area (Å²) in [6.45, 7) is 6.54. The highest BCUT2D eigenvalue weighted by atomic mass is 32.2. The predicted molar refractivity (Wildman–Crippen MR) is 88.1 cm³/mol. The molecule has 0 spiro atoms. The molecule has 0 bridgehead atoms. The zero-order valence-corrected chi connectivity index (χ0v) is 14.6. The van der Waals surface area contributed by atoms with Crippen LogP contribution in [-0.4, -0.2) is 21.5 Å². The molecule has 1 aliphatic rings. The number of hydrogen-bond acceptors (Lipinski definition) is 4. The maximum Gasteiger partial charge on any atom is 0.241 e. The van der Waals surface area contributed by atoms with E-state index in [0.29, 0.717) is 11.4 Å². The minimum atomic E-state index is -3.36. The summed E-state index contributed by atoms with van der Waals surface area (Å²) in [6.07, 6.45) is 5.63. The Balaban J connectivity index is 1.93. The van der Waals surface area contributed by atoms with E-state index in [1.165, 1.54) is 17.8 Å². The van der Waals surface area contributed by atoms with E-state index in [2.05, 4.69) is 23.9 Å². The molecule has 1 heterocycles. The van der Waals surface area contributed by atoms with Gasteiger partial charge in [0.05, 0.1) is 4.90 Å². The van der Waals surface area contributed by atoms with E-state index in [1.807, 2.05) is 0 Å². The number of thiophene rings is 1. The Labute approximate surface area is 132 Å². The number of nitrogens with one attached hydrogen (secondary N) is 2. The van der Waals surface area contributed by atoms with Gasteiger partial charge in [0.2, 0.25) is 10.0 Å². The van der Waals surface area contributed by atoms with E-state index in [-0.39, 0.29) is 5.41 Å². The maximum atomic E-state index is 12.4. The molecule has 0 atom stereocenters. The molecule has 0 amide bonds. The van der Waals surface area contributed by atoms with Gasteiger partial charge in [-0.15, -0.1) is 11.3 Å². The van der Waals surface area contributed by atoms with Crippen LogP contribution in [0.3, 0.4) is 0 Å². The molecule has 1 fully saturated rings. The molecule has 1 aliphatic carbocycles. The van der Waals surface area contributed by atoms with E-state index in [9.17, 15) is 8.42 Å². The minimum Gasteiger partial charge on any atom is -0.312 e. The van der Waals surface area contributed by atoms with Crippen LogP contribution >= 0.6 is 11.3 Å². The minimum absolute atomic E-state index is 0.203. The van der Waals surface area contributed by atoms with Crippen molar-refractivity contribution in [3.63, 3.8) is 0 Å². The first-order chi connectivity index (χ1) is 10.0. The monoisotopic (exact) mass is 330 g/mol. The van der Waals surface area contributed by atoms with Crippen molar-refractivity contribution in [3.8, 4) is 0 Å². The van der Waals surface area contributed by atoms with Crippen LogP contribution < -0.4 is 10.0 Å². The first-order valence-electron chi connectivity index (χ1n) is 7.79. The lowest BCUT2D eigenvalue weighted by atomic mass is 9.67. The number of hydrogen-bond donors (Lipinski definition) is 2. The summed E-state index contributed by atoms with van der Waals surface area (Å²) in [5.41, 5.74) is 0.203.